The van der Waals surface area contributed by atoms with E-state index in [1.165, 1.54) is 0 Å². The van der Waals surface area contributed by atoms with Crippen molar-refractivity contribution in [1.29, 1.82) is 0 Å². The first-order chi connectivity index (χ1) is 15.2. The summed E-state index contributed by atoms with van der Waals surface area (Å²) in [5, 5.41) is 4.30. The molecule has 4 rings (SSSR count). The molecule has 31 heavy (non-hydrogen) atoms. The third-order valence-electron chi connectivity index (χ3n) is 5.48. The second-order valence-electron chi connectivity index (χ2n) is 7.71. The molecule has 0 unspecified atom stereocenters. The zero-order chi connectivity index (χ0) is 21.5. The van der Waals surface area contributed by atoms with Gasteiger partial charge in [-0.2, -0.15) is 5.10 Å². The van der Waals surface area contributed by atoms with Crippen LogP contribution in [0.15, 0.2) is 27.7 Å². The second-order valence-corrected chi connectivity index (χ2v) is 7.71. The van der Waals surface area contributed by atoms with E-state index in [2.05, 4.69) is 25.3 Å². The van der Waals surface area contributed by atoms with Crippen LogP contribution in [-0.2, 0) is 9.47 Å². The molecule has 0 spiro atoms. The van der Waals surface area contributed by atoms with Gasteiger partial charge < -0.3 is 23.5 Å². The molecule has 0 bridgehead atoms. The number of anilines is 2. The molecule has 2 saturated heterocycles. The lowest BCUT2D eigenvalue weighted by Gasteiger charge is -2.29. The summed E-state index contributed by atoms with van der Waals surface area (Å²) in [4.78, 5) is 9.25. The molecule has 2 fully saturated rings. The SMILES string of the molecule is Cc1cc(NN=Cc2cc(N3CCOCC3)cc(OCCN3CCOCC3)n2)oc1C. The van der Waals surface area contributed by atoms with E-state index in [9.17, 15) is 0 Å². The van der Waals surface area contributed by atoms with Crippen LogP contribution in [0.3, 0.4) is 0 Å². The number of aromatic nitrogens is 1. The van der Waals surface area contributed by atoms with Crippen molar-refractivity contribution in [3.05, 3.63) is 35.2 Å². The molecule has 168 valence electrons. The number of morpholine rings is 2. The first kappa shape index (κ1) is 21.6. The third kappa shape index (κ3) is 6.19. The fourth-order valence-electron chi connectivity index (χ4n) is 3.55. The van der Waals surface area contributed by atoms with Crippen molar-refractivity contribution < 1.29 is 18.6 Å². The predicted octanol–water partition coefficient (Wildman–Crippen LogP) is 2.29. The topological polar surface area (TPSA) is 84.6 Å². The lowest BCUT2D eigenvalue weighted by atomic mass is 10.2. The van der Waals surface area contributed by atoms with Crippen LogP contribution in [-0.4, -0.2) is 81.9 Å². The van der Waals surface area contributed by atoms with Gasteiger partial charge in [0.1, 0.15) is 12.4 Å². The van der Waals surface area contributed by atoms with Gasteiger partial charge in [0.2, 0.25) is 11.8 Å². The zero-order valence-electron chi connectivity index (χ0n) is 18.3. The van der Waals surface area contributed by atoms with E-state index < -0.39 is 0 Å². The van der Waals surface area contributed by atoms with Crippen molar-refractivity contribution in [2.24, 2.45) is 5.10 Å². The minimum atomic E-state index is 0.583. The Kier molecular flexibility index (Phi) is 7.39. The normalized spacial score (nSPS) is 17.9. The molecule has 9 nitrogen and oxygen atoms in total. The van der Waals surface area contributed by atoms with Gasteiger partial charge >= 0.3 is 0 Å². The molecule has 2 aromatic heterocycles. The highest BCUT2D eigenvalue weighted by molar-refractivity contribution is 5.79. The summed E-state index contributed by atoms with van der Waals surface area (Å²) in [5.41, 5.74) is 5.79. The number of furan rings is 1. The van der Waals surface area contributed by atoms with E-state index in [-0.39, 0.29) is 0 Å². The number of rotatable bonds is 8. The molecule has 0 radical (unpaired) electrons. The van der Waals surface area contributed by atoms with Gasteiger partial charge in [0, 0.05) is 50.5 Å². The van der Waals surface area contributed by atoms with E-state index in [1.54, 1.807) is 6.21 Å². The number of hydrazone groups is 1. The highest BCUT2D eigenvalue weighted by atomic mass is 16.5. The molecule has 1 N–H and O–H groups in total. The van der Waals surface area contributed by atoms with Gasteiger partial charge in [0.05, 0.1) is 38.3 Å². The highest BCUT2D eigenvalue weighted by Crippen LogP contribution is 2.22. The Bertz CT molecular complexity index is 853. The van der Waals surface area contributed by atoms with Crippen molar-refractivity contribution in [2.45, 2.75) is 13.8 Å². The number of nitrogens with one attached hydrogen (secondary N) is 1. The quantitative estimate of drug-likeness (QED) is 0.505. The lowest BCUT2D eigenvalue weighted by molar-refractivity contribution is 0.0320. The van der Waals surface area contributed by atoms with E-state index in [0.29, 0.717) is 18.4 Å². The molecule has 2 aromatic rings. The highest BCUT2D eigenvalue weighted by Gasteiger charge is 2.15. The number of nitrogens with zero attached hydrogens (tertiary/aromatic N) is 4. The summed E-state index contributed by atoms with van der Waals surface area (Å²) >= 11 is 0. The van der Waals surface area contributed by atoms with Gasteiger partial charge in [0.15, 0.2) is 0 Å². The number of pyridine rings is 1. The van der Waals surface area contributed by atoms with Crippen molar-refractivity contribution in [3.8, 4) is 5.88 Å². The number of hydrogen-bond donors (Lipinski definition) is 1. The second kappa shape index (κ2) is 10.6. The maximum atomic E-state index is 6.01. The molecular weight excluding hydrogens is 398 g/mol. The number of aryl methyl sites for hydroxylation is 2. The summed E-state index contributed by atoms with van der Waals surface area (Å²) in [5.74, 6) is 2.09. The van der Waals surface area contributed by atoms with E-state index in [1.807, 2.05) is 32.0 Å². The molecule has 0 aromatic carbocycles. The van der Waals surface area contributed by atoms with Crippen LogP contribution >= 0.6 is 0 Å². The fourth-order valence-corrected chi connectivity index (χ4v) is 3.55. The van der Waals surface area contributed by atoms with Gasteiger partial charge in [0.25, 0.3) is 0 Å². The van der Waals surface area contributed by atoms with Crippen molar-refractivity contribution >= 4 is 17.8 Å². The van der Waals surface area contributed by atoms with Crippen LogP contribution in [0.25, 0.3) is 0 Å². The van der Waals surface area contributed by atoms with Gasteiger partial charge in [-0.05, 0) is 25.5 Å². The molecule has 0 aliphatic carbocycles. The maximum Gasteiger partial charge on any atom is 0.215 e. The van der Waals surface area contributed by atoms with Crippen LogP contribution in [0.1, 0.15) is 17.0 Å². The molecule has 4 heterocycles. The smallest absolute Gasteiger partial charge is 0.215 e. The summed E-state index contributed by atoms with van der Waals surface area (Å²) in [6.45, 7) is 12.0. The Morgan fingerprint density at radius 2 is 1.81 bits per heavy atom. The molecule has 9 heteroatoms. The average Bonchev–Trinajstić information content (AvgIpc) is 3.12. The van der Waals surface area contributed by atoms with Crippen LogP contribution in [0.5, 0.6) is 5.88 Å². The van der Waals surface area contributed by atoms with Crippen molar-refractivity contribution in [1.82, 2.24) is 9.88 Å². The standard InChI is InChI=1S/C22H31N5O4/c1-17-13-22(31-18(17)2)25-23-16-19-14-20(27-6-10-29-11-7-27)15-21(24-19)30-12-5-26-3-8-28-9-4-26/h13-16,25H,3-12H2,1-2H3. The summed E-state index contributed by atoms with van der Waals surface area (Å²) < 4.78 is 22.5. The molecule has 2 aliphatic rings. The number of ether oxygens (including phenoxy) is 3. The summed E-state index contributed by atoms with van der Waals surface area (Å²) in [6, 6.07) is 5.93. The van der Waals surface area contributed by atoms with Gasteiger partial charge in [-0.25, -0.2) is 10.4 Å². The summed E-state index contributed by atoms with van der Waals surface area (Å²) in [7, 11) is 0. The first-order valence-corrected chi connectivity index (χ1v) is 10.8. The van der Waals surface area contributed by atoms with Gasteiger partial charge in [-0.15, -0.1) is 0 Å². The molecular formula is C22H31N5O4. The van der Waals surface area contributed by atoms with Crippen molar-refractivity contribution in [2.75, 3.05) is 76.1 Å². The van der Waals surface area contributed by atoms with E-state index in [4.69, 9.17) is 18.6 Å². The van der Waals surface area contributed by atoms with Crippen LogP contribution in [0, 0.1) is 13.8 Å². The first-order valence-electron chi connectivity index (χ1n) is 10.8. The van der Waals surface area contributed by atoms with Crippen LogP contribution < -0.4 is 15.1 Å². The monoisotopic (exact) mass is 429 g/mol. The minimum Gasteiger partial charge on any atom is -0.476 e. The molecule has 0 amide bonds. The molecule has 2 aliphatic heterocycles. The minimum absolute atomic E-state index is 0.583. The average molecular weight is 430 g/mol. The molecule has 0 saturated carbocycles. The predicted molar refractivity (Wildman–Crippen MR) is 119 cm³/mol. The van der Waals surface area contributed by atoms with Crippen LogP contribution in [0.4, 0.5) is 11.6 Å². The van der Waals surface area contributed by atoms with Gasteiger partial charge in [-0.3, -0.25) is 4.90 Å². The Hall–Kier alpha value is -2.62. The molecule has 0 atom stereocenters. The Morgan fingerprint density at radius 1 is 1.06 bits per heavy atom. The number of hydrogen-bond acceptors (Lipinski definition) is 9. The lowest BCUT2D eigenvalue weighted by Crippen LogP contribution is -2.38. The maximum absolute atomic E-state index is 6.01. The van der Waals surface area contributed by atoms with Crippen molar-refractivity contribution in [3.63, 3.8) is 0 Å². The third-order valence-corrected chi connectivity index (χ3v) is 5.48. The van der Waals surface area contributed by atoms with Crippen LogP contribution in [0.2, 0.25) is 0 Å². The summed E-state index contributed by atoms with van der Waals surface area (Å²) in [6.07, 6.45) is 1.69. The van der Waals surface area contributed by atoms with E-state index in [0.717, 1.165) is 81.9 Å². The fraction of sp³-hybridized carbons (Fsp3) is 0.545. The Morgan fingerprint density at radius 3 is 2.52 bits per heavy atom. The largest absolute Gasteiger partial charge is 0.476 e. The van der Waals surface area contributed by atoms with Gasteiger partial charge in [-0.1, -0.05) is 0 Å². The Balaban J connectivity index is 1.43. The Labute approximate surface area is 183 Å². The zero-order valence-corrected chi connectivity index (χ0v) is 18.3. The van der Waals surface area contributed by atoms with E-state index >= 15 is 0 Å².